The van der Waals surface area contributed by atoms with Gasteiger partial charge in [-0.1, -0.05) is 0 Å². The topological polar surface area (TPSA) is 334 Å². The number of carbonyl (C=O) groups is 2. The summed E-state index contributed by atoms with van der Waals surface area (Å²) in [7, 11) is 3.14. The van der Waals surface area contributed by atoms with E-state index in [4.69, 9.17) is 49.6 Å². The van der Waals surface area contributed by atoms with Gasteiger partial charge in [-0.15, -0.1) is 0 Å². The van der Waals surface area contributed by atoms with Crippen molar-refractivity contribution in [2.24, 2.45) is 11.5 Å². The molecule has 0 bridgehead atoms. The van der Waals surface area contributed by atoms with Crippen LogP contribution >= 0.6 is 0 Å². The Morgan fingerprint density at radius 3 is 1.11 bits per heavy atom. The lowest BCUT2D eigenvalue weighted by Gasteiger charge is -2.30. The highest BCUT2D eigenvalue weighted by atomic mass is 32.2. The number of methoxy groups -OCH3 is 4. The fourth-order valence-corrected chi connectivity index (χ4v) is 13.2. The fraction of sp³-hybridized carbons (Fsp3) is 0.416. The molecule has 3 aliphatic heterocycles. The molecule has 0 aliphatic carbocycles. The Kier molecular flexibility index (Phi) is 23.9. The first-order valence-corrected chi connectivity index (χ1v) is 36.0. The summed E-state index contributed by atoms with van der Waals surface area (Å²) >= 11 is 0. The van der Waals surface area contributed by atoms with E-state index >= 15 is 0 Å². The lowest BCUT2D eigenvalue weighted by Crippen LogP contribution is -2.47. The van der Waals surface area contributed by atoms with Crippen molar-refractivity contribution in [3.8, 4) is 74.0 Å². The number of ketones is 2. The van der Waals surface area contributed by atoms with E-state index in [2.05, 4.69) is 29.4 Å². The van der Waals surface area contributed by atoms with Gasteiger partial charge in [0.05, 0.1) is 106 Å². The second kappa shape index (κ2) is 31.3. The van der Waals surface area contributed by atoms with Gasteiger partial charge in [0.1, 0.15) is 82.5 Å². The number of Topliss-reactive ketones (excluding diaryl/α,β-unsaturated/α-hetero) is 2. The number of hydrogen-bond acceptors (Lipinski definition) is 21. The zero-order valence-corrected chi connectivity index (χ0v) is 63.4. The molecule has 0 amide bonds. The Morgan fingerprint density at radius 1 is 0.495 bits per heavy atom. The molecular weight excluding hydrogens is 1400 g/mol. The van der Waals surface area contributed by atoms with Gasteiger partial charge in [-0.3, -0.25) is 9.59 Å². The van der Waals surface area contributed by atoms with Crippen LogP contribution in [0.25, 0.3) is 33.8 Å². The monoisotopic (exact) mass is 1490 g/mol. The first-order valence-electron chi connectivity index (χ1n) is 33.7. The number of aliphatic hydroxyl groups is 3. The van der Waals surface area contributed by atoms with Crippen LogP contribution in [0.5, 0.6) is 40.2 Å². The number of pyridine rings is 5. The molecule has 9 N–H and O–H groups in total. The molecular formula is C77H92F3N9O14S2. The van der Waals surface area contributed by atoms with E-state index in [1.165, 1.54) is 89.4 Å². The number of benzene rings is 3. The normalized spacial score (nSPS) is 19.5. The van der Waals surface area contributed by atoms with Crippen LogP contribution in [-0.4, -0.2) is 125 Å². The maximum atomic E-state index is 13.7. The van der Waals surface area contributed by atoms with E-state index in [0.29, 0.717) is 102 Å². The number of ether oxygens (including phenoxy) is 7. The average molecular weight is 1490 g/mol. The summed E-state index contributed by atoms with van der Waals surface area (Å²) in [5.74, 6) is 1.39. The van der Waals surface area contributed by atoms with E-state index < -0.39 is 70.7 Å². The van der Waals surface area contributed by atoms with Crippen LogP contribution in [0.1, 0.15) is 164 Å². The van der Waals surface area contributed by atoms with Gasteiger partial charge >= 0.3 is 0 Å². The molecule has 0 saturated heterocycles. The van der Waals surface area contributed by atoms with Crippen LogP contribution in [0.3, 0.4) is 0 Å². The molecule has 8 heterocycles. The summed E-state index contributed by atoms with van der Waals surface area (Å²) in [6, 6.07) is 25.8. The van der Waals surface area contributed by atoms with Crippen LogP contribution in [0.4, 0.5) is 13.2 Å². The van der Waals surface area contributed by atoms with Crippen molar-refractivity contribution in [3.63, 3.8) is 0 Å². The molecule has 0 fully saturated rings. The van der Waals surface area contributed by atoms with Gasteiger partial charge in [-0.25, -0.2) is 56.0 Å². The second-order valence-corrected chi connectivity index (χ2v) is 33.3. The Labute approximate surface area is 614 Å². The van der Waals surface area contributed by atoms with Crippen molar-refractivity contribution >= 4 is 33.5 Å². The minimum absolute atomic E-state index is 0.0104. The van der Waals surface area contributed by atoms with Crippen molar-refractivity contribution in [3.05, 3.63) is 178 Å². The lowest BCUT2D eigenvalue weighted by atomic mass is 9.88. The number of hydrogen-bond donors (Lipinski definition) is 7. The largest absolute Gasteiger partial charge is 0.493 e. The number of aromatic nitrogens is 5. The smallest absolute Gasteiger partial charge is 0.181 e. The van der Waals surface area contributed by atoms with Crippen LogP contribution in [0, 0.1) is 17.5 Å². The van der Waals surface area contributed by atoms with E-state index in [-0.39, 0.29) is 86.6 Å². The first-order chi connectivity index (χ1) is 49.1. The molecule has 23 nitrogen and oxygen atoms in total. The molecule has 0 saturated carbocycles. The fourth-order valence-electron chi connectivity index (χ4n) is 11.4. The molecule has 562 valence electrons. The summed E-state index contributed by atoms with van der Waals surface area (Å²) in [6.45, 7) is 22.3. The number of nitrogens with one attached hydrogen (secondary N) is 2. The highest BCUT2D eigenvalue weighted by Gasteiger charge is 2.46. The number of nitrogens with two attached hydrogens (primary N) is 2. The van der Waals surface area contributed by atoms with Gasteiger partial charge < -0.3 is 59.9 Å². The molecule has 3 aliphatic rings. The predicted molar refractivity (Wildman–Crippen MR) is 393 cm³/mol. The molecule has 0 radical (unpaired) electrons. The maximum absolute atomic E-state index is 13.7. The van der Waals surface area contributed by atoms with Crippen molar-refractivity contribution in [2.45, 2.75) is 152 Å². The van der Waals surface area contributed by atoms with Gasteiger partial charge in [-0.2, -0.15) is 0 Å². The van der Waals surface area contributed by atoms with Crippen LogP contribution in [0.15, 0.2) is 116 Å². The Morgan fingerprint density at radius 2 is 0.800 bits per heavy atom. The quantitative estimate of drug-likeness (QED) is 0.0293. The van der Waals surface area contributed by atoms with E-state index in [1.54, 1.807) is 75.4 Å². The predicted octanol–water partition coefficient (Wildman–Crippen LogP) is 11.3. The van der Waals surface area contributed by atoms with Gasteiger partial charge in [0, 0.05) is 64.9 Å². The van der Waals surface area contributed by atoms with Crippen molar-refractivity contribution < 1.29 is 79.7 Å². The number of rotatable bonds is 23. The zero-order chi connectivity index (χ0) is 77.2. The average Bonchev–Trinajstić information content (AvgIpc) is 1.61. The van der Waals surface area contributed by atoms with Crippen molar-refractivity contribution in [1.82, 2.24) is 34.4 Å². The number of fused-ring (bicyclic) bond motifs is 3. The highest BCUT2D eigenvalue weighted by molar-refractivity contribution is 7.84. The number of nitrogens with zero attached hydrogens (tertiary/aromatic N) is 5. The highest BCUT2D eigenvalue weighted by Crippen LogP contribution is 2.49. The molecule has 11 rings (SSSR count). The molecule has 28 heteroatoms. The van der Waals surface area contributed by atoms with Gasteiger partial charge in [0.25, 0.3) is 0 Å². The Balaban J connectivity index is 0.000000185. The van der Waals surface area contributed by atoms with Crippen molar-refractivity contribution in [2.75, 3.05) is 54.8 Å². The molecule has 8 unspecified atom stereocenters. The second-order valence-electron chi connectivity index (χ2n) is 29.4. The van der Waals surface area contributed by atoms with Crippen LogP contribution in [-0.2, 0) is 55.4 Å². The molecule has 8 atom stereocenters. The number of carbonyl (C=O) groups excluding carboxylic acids is 2. The van der Waals surface area contributed by atoms with E-state index in [0.717, 1.165) is 5.56 Å². The maximum Gasteiger partial charge on any atom is 0.181 e. The SMILES string of the molecule is CC(O)(CN)c1cc2c(c(-c3ccc(F)cc3)n1)OCC2(C)NS(=O)C(C)(C)C.COc1cnc(C(=O)CCC(C)(O)c2cc3c(c(-c4ccc(F)cc4)n2)OCC3(C)N)cc1OC.COc1cnc(C(=O)CCC(C)(O)c2cc3c(c(-c4ccc(F)cc4)n2)OCC3(C)NS(=O)C(C)(C)C)cc1OC. The van der Waals surface area contributed by atoms with Crippen molar-refractivity contribution in [1.29, 1.82) is 0 Å². The van der Waals surface area contributed by atoms with Gasteiger partial charge in [0.2, 0.25) is 0 Å². The summed E-state index contributed by atoms with van der Waals surface area (Å²) in [5.41, 5.74) is 12.1. The summed E-state index contributed by atoms with van der Waals surface area (Å²) in [6.07, 6.45) is 2.94. The summed E-state index contributed by atoms with van der Waals surface area (Å²) in [4.78, 5) is 48.2. The van der Waals surface area contributed by atoms with E-state index in [1.807, 2.05) is 62.3 Å². The van der Waals surface area contributed by atoms with Gasteiger partial charge in [0.15, 0.2) is 51.8 Å². The molecule has 8 aromatic rings. The molecule has 105 heavy (non-hydrogen) atoms. The minimum Gasteiger partial charge on any atom is -0.493 e. The lowest BCUT2D eigenvalue weighted by molar-refractivity contribution is 0.0394. The molecule has 5 aromatic heterocycles. The third-order valence-electron chi connectivity index (χ3n) is 18.2. The minimum atomic E-state index is -1.54. The van der Waals surface area contributed by atoms with E-state index in [9.17, 15) is 46.5 Å². The molecule has 0 spiro atoms. The first kappa shape index (κ1) is 80.3. The number of halogens is 3. The van der Waals surface area contributed by atoms with Crippen LogP contribution in [0.2, 0.25) is 0 Å². The third kappa shape index (κ3) is 18.0. The standard InChI is InChI=1S/C30H36FN3O6S.C26H28FN3O5.C21H28FN3O3S/c1-28(2,3)41(37)34-29(4)17-40-27-20(29)14-25(33-26(27)18-8-10-19(31)11-9-18)30(5,36)13-12-22(35)21-15-23(38-6)24(39-7)16-32-21;1-25(28)14-35-24-17(25)11-22(30-23(24)15-5-7-16(27)8-6-15)26(2,32)10-9-19(31)18-12-20(33-3)21(34-4)13-29-18;1-19(2,3)29(27)25-20(4)12-28-18-15(20)10-16(21(5,26)11-23)24-17(18)13-6-8-14(22)9-7-13/h8-11,14-16,34,36H,12-13,17H2,1-7H3;5-8,11-13,32H,9-10,14,28H2,1-4H3;6-10,25-26H,11-12,23H2,1-5H3. The molecule has 3 aromatic carbocycles. The zero-order valence-electron chi connectivity index (χ0n) is 61.8. The third-order valence-corrected chi connectivity index (χ3v) is 21.7. The Bertz CT molecular complexity index is 4570. The van der Waals surface area contributed by atoms with Crippen LogP contribution < -0.4 is 54.1 Å². The summed E-state index contributed by atoms with van der Waals surface area (Å²) < 4.78 is 111. The Hall–Kier alpha value is -8.84. The summed E-state index contributed by atoms with van der Waals surface area (Å²) in [5, 5.41) is 33.7. The van der Waals surface area contributed by atoms with Gasteiger partial charge in [-0.05, 0) is 187 Å².